The Labute approximate surface area is 185 Å². The van der Waals surface area contributed by atoms with E-state index in [4.69, 9.17) is 16.6 Å². The van der Waals surface area contributed by atoms with Gasteiger partial charge in [-0.25, -0.2) is 15.0 Å². The number of H-pyrrole nitrogens is 1. The van der Waals surface area contributed by atoms with Crippen LogP contribution in [0.25, 0.3) is 21.9 Å². The number of nitrogens with one attached hydrogen (secondary N) is 2. The van der Waals surface area contributed by atoms with Crippen LogP contribution < -0.4 is 10.8 Å². The standard InChI is InChI=1S/C22H20BClN6O/c1-12(20-28-17-5-4-13(23)8-19(17)29-20)27-21-15-9-16(24)14(10-18(15)25-11-26-21)22(31)30-6-2-3-7-30/h2-5,8-12H,6-7,23H2,1H3,(H,28,29)(H,25,26,27). The number of carbonyl (C=O) groups excluding carboxylic acids is 1. The quantitative estimate of drug-likeness (QED) is 0.384. The molecule has 1 aliphatic heterocycles. The van der Waals surface area contributed by atoms with Crippen LogP contribution in [-0.2, 0) is 0 Å². The average Bonchev–Trinajstić information content (AvgIpc) is 3.43. The van der Waals surface area contributed by atoms with Gasteiger partial charge < -0.3 is 15.2 Å². The minimum absolute atomic E-state index is 0.101. The Morgan fingerprint density at radius 2 is 2.00 bits per heavy atom. The van der Waals surface area contributed by atoms with Gasteiger partial charge >= 0.3 is 0 Å². The van der Waals surface area contributed by atoms with Crippen molar-refractivity contribution in [2.75, 3.05) is 18.4 Å². The third-order valence-electron chi connectivity index (χ3n) is 5.48. The summed E-state index contributed by atoms with van der Waals surface area (Å²) in [5.41, 5.74) is 4.19. The number of halogens is 1. The predicted molar refractivity (Wildman–Crippen MR) is 126 cm³/mol. The van der Waals surface area contributed by atoms with Gasteiger partial charge in [-0.2, -0.15) is 0 Å². The average molecular weight is 431 g/mol. The van der Waals surface area contributed by atoms with Crippen LogP contribution in [0.1, 0.15) is 29.1 Å². The Morgan fingerprint density at radius 3 is 2.81 bits per heavy atom. The van der Waals surface area contributed by atoms with E-state index in [1.165, 1.54) is 6.33 Å². The van der Waals surface area contributed by atoms with Crippen molar-refractivity contribution >= 4 is 58.6 Å². The molecule has 4 aromatic rings. The van der Waals surface area contributed by atoms with E-state index in [9.17, 15) is 4.79 Å². The zero-order valence-corrected chi connectivity index (χ0v) is 17.9. The summed E-state index contributed by atoms with van der Waals surface area (Å²) in [6.45, 7) is 3.20. The van der Waals surface area contributed by atoms with Crippen molar-refractivity contribution in [3.63, 3.8) is 0 Å². The van der Waals surface area contributed by atoms with Gasteiger partial charge in [0, 0.05) is 18.5 Å². The number of nitrogens with zero attached hydrogens (tertiary/aromatic N) is 4. The minimum Gasteiger partial charge on any atom is -0.360 e. The van der Waals surface area contributed by atoms with Gasteiger partial charge in [0.05, 0.1) is 33.2 Å². The molecule has 1 unspecified atom stereocenters. The number of aromatic nitrogens is 4. The highest BCUT2D eigenvalue weighted by Crippen LogP contribution is 2.30. The lowest BCUT2D eigenvalue weighted by Crippen LogP contribution is -2.28. The van der Waals surface area contributed by atoms with Crippen LogP contribution in [0.4, 0.5) is 5.82 Å². The number of carbonyl (C=O) groups is 1. The first-order valence-electron chi connectivity index (χ1n) is 10.1. The first kappa shape index (κ1) is 19.6. The molecule has 154 valence electrons. The molecule has 7 nitrogen and oxygen atoms in total. The molecule has 31 heavy (non-hydrogen) atoms. The van der Waals surface area contributed by atoms with E-state index in [0.717, 1.165) is 27.7 Å². The second kappa shape index (κ2) is 7.70. The van der Waals surface area contributed by atoms with Crippen molar-refractivity contribution in [1.82, 2.24) is 24.8 Å². The number of benzene rings is 2. The zero-order valence-electron chi connectivity index (χ0n) is 17.2. The number of fused-ring (bicyclic) bond motifs is 2. The fourth-order valence-electron chi connectivity index (χ4n) is 3.78. The van der Waals surface area contributed by atoms with E-state index in [1.807, 2.05) is 33.0 Å². The van der Waals surface area contributed by atoms with Gasteiger partial charge in [-0.05, 0) is 31.2 Å². The molecule has 0 bridgehead atoms. The number of hydrogen-bond donors (Lipinski definition) is 2. The van der Waals surface area contributed by atoms with E-state index in [0.29, 0.717) is 35.0 Å². The van der Waals surface area contributed by atoms with Gasteiger partial charge in [-0.15, -0.1) is 0 Å². The smallest absolute Gasteiger partial charge is 0.256 e. The summed E-state index contributed by atoms with van der Waals surface area (Å²) in [4.78, 5) is 31.4. The summed E-state index contributed by atoms with van der Waals surface area (Å²) in [7, 11) is 2.05. The third kappa shape index (κ3) is 3.63. The summed E-state index contributed by atoms with van der Waals surface area (Å²) >= 11 is 6.50. The number of aromatic amines is 1. The minimum atomic E-state index is -0.124. The fourth-order valence-corrected chi connectivity index (χ4v) is 4.03. The molecule has 0 radical (unpaired) electrons. The highest BCUT2D eigenvalue weighted by atomic mass is 35.5. The molecule has 9 heteroatoms. The number of amides is 1. The topological polar surface area (TPSA) is 86.8 Å². The molecule has 0 spiro atoms. The van der Waals surface area contributed by atoms with Gasteiger partial charge in [0.15, 0.2) is 0 Å². The highest BCUT2D eigenvalue weighted by Gasteiger charge is 2.21. The fraction of sp³-hybridized carbons (Fsp3) is 0.182. The van der Waals surface area contributed by atoms with Gasteiger partial charge in [0.25, 0.3) is 5.91 Å². The Balaban J connectivity index is 1.46. The maximum absolute atomic E-state index is 12.8. The zero-order chi connectivity index (χ0) is 21.5. The molecule has 0 aliphatic carbocycles. The van der Waals surface area contributed by atoms with Crippen LogP contribution in [0.2, 0.25) is 5.02 Å². The molecule has 1 amide bonds. The Kier molecular flexibility index (Phi) is 4.86. The Bertz CT molecular complexity index is 1340. The van der Waals surface area contributed by atoms with E-state index in [2.05, 4.69) is 32.4 Å². The molecule has 3 heterocycles. The van der Waals surface area contributed by atoms with Crippen LogP contribution >= 0.6 is 11.6 Å². The van der Waals surface area contributed by atoms with Crippen LogP contribution in [-0.4, -0.2) is 51.7 Å². The number of hydrogen-bond acceptors (Lipinski definition) is 5. The van der Waals surface area contributed by atoms with Gasteiger partial charge in [0.2, 0.25) is 0 Å². The first-order chi connectivity index (χ1) is 15.0. The van der Waals surface area contributed by atoms with Gasteiger partial charge in [-0.1, -0.05) is 35.3 Å². The van der Waals surface area contributed by atoms with Crippen molar-refractivity contribution in [1.29, 1.82) is 0 Å². The summed E-state index contributed by atoms with van der Waals surface area (Å²) in [6, 6.07) is 9.50. The lowest BCUT2D eigenvalue weighted by molar-refractivity contribution is 0.0800. The lowest BCUT2D eigenvalue weighted by Gasteiger charge is -2.17. The summed E-state index contributed by atoms with van der Waals surface area (Å²) in [5.74, 6) is 1.35. The summed E-state index contributed by atoms with van der Waals surface area (Å²) in [5, 5.41) is 4.53. The number of imidazole rings is 1. The SMILES string of the molecule is Bc1ccc2[nH]c(C(C)Nc3ncnc4cc(C(=O)N5CC=CC5)c(Cl)cc34)nc2c1. The maximum Gasteiger partial charge on any atom is 0.256 e. The van der Waals surface area contributed by atoms with Gasteiger partial charge in [-0.3, -0.25) is 4.79 Å². The molecule has 2 N–H and O–H groups in total. The van der Waals surface area contributed by atoms with Crippen LogP contribution in [0.3, 0.4) is 0 Å². The van der Waals surface area contributed by atoms with E-state index in [1.54, 1.807) is 17.0 Å². The highest BCUT2D eigenvalue weighted by molar-refractivity contribution is 6.35. The predicted octanol–water partition coefficient (Wildman–Crippen LogP) is 2.60. The van der Waals surface area contributed by atoms with Crippen molar-refractivity contribution < 1.29 is 4.79 Å². The normalized spacial score (nSPS) is 14.5. The monoisotopic (exact) mass is 430 g/mol. The molecule has 0 saturated heterocycles. The van der Waals surface area contributed by atoms with E-state index >= 15 is 0 Å². The van der Waals surface area contributed by atoms with E-state index < -0.39 is 0 Å². The molecular formula is C22H20BClN6O. The van der Waals surface area contributed by atoms with Crippen molar-refractivity contribution in [3.05, 3.63) is 65.2 Å². The number of rotatable bonds is 4. The summed E-state index contributed by atoms with van der Waals surface area (Å²) in [6.07, 6.45) is 5.43. The summed E-state index contributed by atoms with van der Waals surface area (Å²) < 4.78 is 0. The molecule has 2 aromatic carbocycles. The molecule has 0 fully saturated rings. The second-order valence-corrected chi connectivity index (χ2v) is 8.17. The largest absolute Gasteiger partial charge is 0.360 e. The number of anilines is 1. The van der Waals surface area contributed by atoms with Crippen LogP contribution in [0.15, 0.2) is 48.8 Å². The van der Waals surface area contributed by atoms with Crippen LogP contribution in [0.5, 0.6) is 0 Å². The molecular weight excluding hydrogens is 411 g/mol. The Hall–Kier alpha value is -3.39. The molecule has 2 aromatic heterocycles. The molecule has 1 aliphatic rings. The van der Waals surface area contributed by atoms with Gasteiger partial charge in [0.1, 0.15) is 25.8 Å². The third-order valence-corrected chi connectivity index (χ3v) is 5.79. The van der Waals surface area contributed by atoms with Crippen molar-refractivity contribution in [3.8, 4) is 0 Å². The first-order valence-corrected chi connectivity index (χ1v) is 10.5. The Morgan fingerprint density at radius 1 is 1.19 bits per heavy atom. The lowest BCUT2D eigenvalue weighted by atomic mass is 9.96. The van der Waals surface area contributed by atoms with Crippen LogP contribution in [0, 0.1) is 0 Å². The maximum atomic E-state index is 12.8. The van der Waals surface area contributed by atoms with Crippen molar-refractivity contribution in [2.24, 2.45) is 0 Å². The molecule has 1 atom stereocenters. The van der Waals surface area contributed by atoms with Crippen molar-refractivity contribution in [2.45, 2.75) is 13.0 Å². The van der Waals surface area contributed by atoms with E-state index in [-0.39, 0.29) is 11.9 Å². The molecule has 5 rings (SSSR count). The second-order valence-electron chi connectivity index (χ2n) is 7.76. The molecule has 0 saturated carbocycles.